The van der Waals surface area contributed by atoms with Gasteiger partial charge in [-0.1, -0.05) is 19.0 Å². The van der Waals surface area contributed by atoms with Crippen LogP contribution in [0.5, 0.6) is 0 Å². The van der Waals surface area contributed by atoms with Crippen molar-refractivity contribution in [1.82, 2.24) is 15.0 Å². The molecule has 6 nitrogen and oxygen atoms in total. The number of piperazine rings is 1. The van der Waals surface area contributed by atoms with Gasteiger partial charge in [-0.15, -0.1) is 0 Å². The van der Waals surface area contributed by atoms with Crippen molar-refractivity contribution < 1.29 is 14.1 Å². The minimum Gasteiger partial charge on any atom is -0.361 e. The molecule has 0 aliphatic carbocycles. The lowest BCUT2D eigenvalue weighted by atomic mass is 10.0. The number of rotatable bonds is 3. The molecule has 1 saturated heterocycles. The van der Waals surface area contributed by atoms with E-state index < -0.39 is 0 Å². The summed E-state index contributed by atoms with van der Waals surface area (Å²) in [5.41, 5.74) is 0.345. The monoisotopic (exact) mass is 293 g/mol. The van der Waals surface area contributed by atoms with Crippen molar-refractivity contribution in [2.75, 3.05) is 13.1 Å². The quantitative estimate of drug-likeness (QED) is 0.853. The molecular formula is C15H23N3O3. The zero-order valence-corrected chi connectivity index (χ0v) is 13.1. The highest BCUT2D eigenvalue weighted by atomic mass is 16.5. The number of carbonyl (C=O) groups excluding carboxylic acids is 2. The lowest BCUT2D eigenvalue weighted by Crippen LogP contribution is -2.60. The number of aromatic nitrogens is 1. The van der Waals surface area contributed by atoms with Gasteiger partial charge in [-0.2, -0.15) is 0 Å². The van der Waals surface area contributed by atoms with E-state index >= 15 is 0 Å². The average Bonchev–Trinajstić information content (AvgIpc) is 2.91. The molecule has 21 heavy (non-hydrogen) atoms. The van der Waals surface area contributed by atoms with Crippen LogP contribution in [0.1, 0.15) is 49.9 Å². The Hall–Kier alpha value is -1.85. The van der Waals surface area contributed by atoms with Gasteiger partial charge >= 0.3 is 0 Å². The molecular weight excluding hydrogens is 270 g/mol. The topological polar surface area (TPSA) is 66.7 Å². The highest BCUT2D eigenvalue weighted by Gasteiger charge is 2.36. The van der Waals surface area contributed by atoms with E-state index in [4.69, 9.17) is 4.52 Å². The summed E-state index contributed by atoms with van der Waals surface area (Å²) in [5, 5.41) is 3.82. The number of hydrogen-bond acceptors (Lipinski definition) is 4. The molecule has 2 amide bonds. The van der Waals surface area contributed by atoms with Crippen LogP contribution in [0.3, 0.4) is 0 Å². The number of nitrogens with zero attached hydrogens (tertiary/aromatic N) is 3. The zero-order valence-electron chi connectivity index (χ0n) is 13.1. The van der Waals surface area contributed by atoms with E-state index in [0.717, 1.165) is 12.8 Å². The van der Waals surface area contributed by atoms with E-state index in [1.54, 1.807) is 19.9 Å². The fraction of sp³-hybridized carbons (Fsp3) is 0.667. The summed E-state index contributed by atoms with van der Waals surface area (Å²) in [5.74, 6) is 0.589. The third-order valence-corrected chi connectivity index (χ3v) is 4.15. The summed E-state index contributed by atoms with van der Waals surface area (Å²) in [6.07, 6.45) is 1.64. The summed E-state index contributed by atoms with van der Waals surface area (Å²) < 4.78 is 5.00. The standard InChI is InChI=1S/C15H23N3O3/c1-5-12-9-18(13(6-2)8-17(12)11(4)19)15(20)14-7-10(3)21-16-14/h7,12-13H,5-6,8-9H2,1-4H3/t12-,13+/m1/s1. The minimum atomic E-state index is -0.111. The molecule has 0 radical (unpaired) electrons. The predicted molar refractivity (Wildman–Crippen MR) is 77.8 cm³/mol. The summed E-state index contributed by atoms with van der Waals surface area (Å²) in [6, 6.07) is 1.76. The van der Waals surface area contributed by atoms with Gasteiger partial charge in [0.2, 0.25) is 5.91 Å². The molecule has 2 heterocycles. The van der Waals surface area contributed by atoms with Crippen molar-refractivity contribution in [1.29, 1.82) is 0 Å². The highest BCUT2D eigenvalue weighted by molar-refractivity contribution is 5.92. The highest BCUT2D eigenvalue weighted by Crippen LogP contribution is 2.22. The van der Waals surface area contributed by atoms with Crippen LogP contribution in [0.15, 0.2) is 10.6 Å². The fourth-order valence-electron chi connectivity index (χ4n) is 2.90. The SMILES string of the molecule is CC[C@@H]1CN(C(=O)c2cc(C)on2)[C@@H](CC)CN1C(C)=O. The van der Waals surface area contributed by atoms with E-state index in [9.17, 15) is 9.59 Å². The van der Waals surface area contributed by atoms with Gasteiger partial charge in [-0.25, -0.2) is 0 Å². The Kier molecular flexibility index (Phi) is 4.65. The van der Waals surface area contributed by atoms with Crippen molar-refractivity contribution in [2.24, 2.45) is 0 Å². The largest absolute Gasteiger partial charge is 0.361 e. The van der Waals surface area contributed by atoms with Gasteiger partial charge in [-0.05, 0) is 19.8 Å². The number of carbonyl (C=O) groups is 2. The smallest absolute Gasteiger partial charge is 0.276 e. The van der Waals surface area contributed by atoms with Crippen LogP contribution in [0.25, 0.3) is 0 Å². The Labute approximate surface area is 125 Å². The molecule has 2 rings (SSSR count). The molecule has 2 atom stereocenters. The van der Waals surface area contributed by atoms with Crippen LogP contribution in [0.4, 0.5) is 0 Å². The Morgan fingerprint density at radius 1 is 1.24 bits per heavy atom. The van der Waals surface area contributed by atoms with Crippen LogP contribution in [0.2, 0.25) is 0 Å². The van der Waals surface area contributed by atoms with E-state index in [-0.39, 0.29) is 23.9 Å². The normalized spacial score (nSPS) is 22.5. The summed E-state index contributed by atoms with van der Waals surface area (Å²) >= 11 is 0. The lowest BCUT2D eigenvalue weighted by Gasteiger charge is -2.45. The third kappa shape index (κ3) is 3.09. The maximum absolute atomic E-state index is 12.6. The third-order valence-electron chi connectivity index (χ3n) is 4.15. The van der Waals surface area contributed by atoms with Gasteiger partial charge in [0.05, 0.1) is 0 Å². The summed E-state index contributed by atoms with van der Waals surface area (Å²) in [7, 11) is 0. The van der Waals surface area contributed by atoms with Crippen LogP contribution >= 0.6 is 0 Å². The lowest BCUT2D eigenvalue weighted by molar-refractivity contribution is -0.135. The van der Waals surface area contributed by atoms with Gasteiger partial charge in [0.15, 0.2) is 5.69 Å². The Morgan fingerprint density at radius 3 is 2.29 bits per heavy atom. The average molecular weight is 293 g/mol. The van der Waals surface area contributed by atoms with Gasteiger partial charge in [-0.3, -0.25) is 9.59 Å². The molecule has 1 aromatic rings. The van der Waals surface area contributed by atoms with Crippen molar-refractivity contribution in [3.8, 4) is 0 Å². The second-order valence-electron chi connectivity index (χ2n) is 5.58. The minimum absolute atomic E-state index is 0.0289. The van der Waals surface area contributed by atoms with Crippen LogP contribution in [-0.4, -0.2) is 51.9 Å². The van der Waals surface area contributed by atoms with Crippen molar-refractivity contribution in [2.45, 2.75) is 52.6 Å². The van der Waals surface area contributed by atoms with Crippen LogP contribution in [0, 0.1) is 6.92 Å². The molecule has 0 bridgehead atoms. The molecule has 0 saturated carbocycles. The number of amides is 2. The van der Waals surface area contributed by atoms with Gasteiger partial charge in [0.1, 0.15) is 5.76 Å². The maximum atomic E-state index is 12.6. The van der Waals surface area contributed by atoms with E-state index in [1.165, 1.54) is 0 Å². The molecule has 1 aliphatic heterocycles. The van der Waals surface area contributed by atoms with Gasteiger partial charge in [0, 0.05) is 38.2 Å². The maximum Gasteiger partial charge on any atom is 0.276 e. The summed E-state index contributed by atoms with van der Waals surface area (Å²) in [4.78, 5) is 28.1. The molecule has 0 aromatic carbocycles. The molecule has 0 N–H and O–H groups in total. The van der Waals surface area contributed by atoms with Crippen molar-refractivity contribution in [3.63, 3.8) is 0 Å². The first-order valence-corrected chi connectivity index (χ1v) is 7.49. The second kappa shape index (κ2) is 6.28. The Morgan fingerprint density at radius 2 is 1.81 bits per heavy atom. The number of aryl methyl sites for hydroxylation is 1. The van der Waals surface area contributed by atoms with Gasteiger partial charge in [0.25, 0.3) is 5.91 Å². The Bertz CT molecular complexity index is 526. The molecule has 6 heteroatoms. The fourth-order valence-corrected chi connectivity index (χ4v) is 2.90. The molecule has 0 unspecified atom stereocenters. The van der Waals surface area contributed by atoms with Crippen molar-refractivity contribution >= 4 is 11.8 Å². The molecule has 1 aromatic heterocycles. The predicted octanol–water partition coefficient (Wildman–Crippen LogP) is 1.84. The first kappa shape index (κ1) is 15.5. The number of hydrogen-bond donors (Lipinski definition) is 0. The van der Waals surface area contributed by atoms with Gasteiger partial charge < -0.3 is 14.3 Å². The molecule has 0 spiro atoms. The zero-order chi connectivity index (χ0) is 15.6. The summed E-state index contributed by atoms with van der Waals surface area (Å²) in [6.45, 7) is 8.57. The van der Waals surface area contributed by atoms with E-state index in [0.29, 0.717) is 24.5 Å². The molecule has 116 valence electrons. The first-order valence-electron chi connectivity index (χ1n) is 7.49. The van der Waals surface area contributed by atoms with E-state index in [1.807, 2.05) is 23.6 Å². The van der Waals surface area contributed by atoms with E-state index in [2.05, 4.69) is 5.16 Å². The molecule has 1 fully saturated rings. The second-order valence-corrected chi connectivity index (χ2v) is 5.58. The van der Waals surface area contributed by atoms with Crippen molar-refractivity contribution in [3.05, 3.63) is 17.5 Å². The van der Waals surface area contributed by atoms with Crippen LogP contribution < -0.4 is 0 Å². The van der Waals surface area contributed by atoms with Crippen LogP contribution in [-0.2, 0) is 4.79 Å². The first-order chi connectivity index (χ1) is 9.97. The molecule has 1 aliphatic rings. The Balaban J connectivity index is 2.22.